The van der Waals surface area contributed by atoms with E-state index in [9.17, 15) is 9.59 Å². The average molecular weight is 268 g/mol. The van der Waals surface area contributed by atoms with Crippen molar-refractivity contribution in [2.24, 2.45) is 0 Å². The van der Waals surface area contributed by atoms with Crippen LogP contribution < -0.4 is 5.32 Å². The molecule has 1 aliphatic heterocycles. The predicted octanol–water partition coefficient (Wildman–Crippen LogP) is 1.07. The molecule has 1 spiro atoms. The van der Waals surface area contributed by atoms with Gasteiger partial charge in [-0.15, -0.1) is 0 Å². The second kappa shape index (κ2) is 5.12. The first-order valence-corrected chi connectivity index (χ1v) is 7.03. The first kappa shape index (κ1) is 14.3. The van der Waals surface area contributed by atoms with Crippen LogP contribution >= 0.6 is 0 Å². The van der Waals surface area contributed by atoms with Gasteiger partial charge in [0.2, 0.25) is 11.8 Å². The van der Waals surface area contributed by atoms with Crippen LogP contribution in [0.4, 0.5) is 0 Å². The summed E-state index contributed by atoms with van der Waals surface area (Å²) in [7, 11) is 1.62. The standard InChI is InChI=1S/C14H24N2O3/c1-13(2,10-19-3)16-9-11(17)15-14(12(16)18)7-5-4-6-8-14/h4-10H2,1-3H3,(H,15,17). The fourth-order valence-electron chi connectivity index (χ4n) is 3.25. The van der Waals surface area contributed by atoms with E-state index in [0.29, 0.717) is 6.61 Å². The molecule has 0 aromatic rings. The molecule has 1 saturated heterocycles. The minimum Gasteiger partial charge on any atom is -0.382 e. The maximum Gasteiger partial charge on any atom is 0.249 e. The fourth-order valence-corrected chi connectivity index (χ4v) is 3.25. The van der Waals surface area contributed by atoms with Crippen molar-refractivity contribution in [1.29, 1.82) is 0 Å². The van der Waals surface area contributed by atoms with Gasteiger partial charge in [0.15, 0.2) is 0 Å². The van der Waals surface area contributed by atoms with Gasteiger partial charge in [0.05, 0.1) is 12.1 Å². The van der Waals surface area contributed by atoms with Crippen molar-refractivity contribution in [3.05, 3.63) is 0 Å². The average Bonchev–Trinajstić information content (AvgIpc) is 2.35. The molecule has 1 saturated carbocycles. The Morgan fingerprint density at radius 3 is 2.47 bits per heavy atom. The highest BCUT2D eigenvalue weighted by atomic mass is 16.5. The van der Waals surface area contributed by atoms with E-state index in [2.05, 4.69) is 5.32 Å². The number of hydrogen-bond donors (Lipinski definition) is 1. The van der Waals surface area contributed by atoms with E-state index < -0.39 is 11.1 Å². The lowest BCUT2D eigenvalue weighted by Crippen LogP contribution is -2.71. The zero-order valence-electron chi connectivity index (χ0n) is 12.1. The van der Waals surface area contributed by atoms with Crippen molar-refractivity contribution in [3.8, 4) is 0 Å². The SMILES string of the molecule is COCC(C)(C)N1CC(=O)NC2(CCCCC2)C1=O. The first-order chi connectivity index (χ1) is 8.91. The Labute approximate surface area is 114 Å². The van der Waals surface area contributed by atoms with Crippen LogP contribution in [0.25, 0.3) is 0 Å². The third kappa shape index (κ3) is 2.61. The normalized spacial score (nSPS) is 23.6. The Bertz CT molecular complexity index is 373. The lowest BCUT2D eigenvalue weighted by atomic mass is 9.78. The van der Waals surface area contributed by atoms with Crippen molar-refractivity contribution in [3.63, 3.8) is 0 Å². The number of methoxy groups -OCH3 is 1. The summed E-state index contributed by atoms with van der Waals surface area (Å²) in [5.41, 5.74) is -1.10. The summed E-state index contributed by atoms with van der Waals surface area (Å²) in [5.74, 6) is 0.0135. The molecule has 0 radical (unpaired) electrons. The number of piperazine rings is 1. The molecule has 2 aliphatic rings. The van der Waals surface area contributed by atoms with Crippen molar-refractivity contribution in [2.75, 3.05) is 20.3 Å². The Hall–Kier alpha value is -1.10. The van der Waals surface area contributed by atoms with Gasteiger partial charge >= 0.3 is 0 Å². The minimum atomic E-state index is -0.654. The molecular formula is C14H24N2O3. The molecule has 1 N–H and O–H groups in total. The molecule has 0 aromatic carbocycles. The molecule has 0 bridgehead atoms. The molecule has 2 amide bonds. The third-order valence-electron chi connectivity index (χ3n) is 4.27. The highest BCUT2D eigenvalue weighted by Gasteiger charge is 2.50. The van der Waals surface area contributed by atoms with Gasteiger partial charge < -0.3 is 15.0 Å². The lowest BCUT2D eigenvalue weighted by Gasteiger charge is -2.49. The van der Waals surface area contributed by atoms with E-state index in [1.165, 1.54) is 0 Å². The van der Waals surface area contributed by atoms with Gasteiger partial charge in [-0.05, 0) is 26.7 Å². The highest BCUT2D eigenvalue weighted by Crippen LogP contribution is 2.34. The summed E-state index contributed by atoms with van der Waals surface area (Å²) in [6.45, 7) is 4.46. The zero-order valence-corrected chi connectivity index (χ0v) is 12.1. The van der Waals surface area contributed by atoms with E-state index in [4.69, 9.17) is 4.74 Å². The van der Waals surface area contributed by atoms with Crippen LogP contribution in [0.5, 0.6) is 0 Å². The molecule has 19 heavy (non-hydrogen) atoms. The largest absolute Gasteiger partial charge is 0.382 e. The van der Waals surface area contributed by atoms with Crippen LogP contribution in [0, 0.1) is 0 Å². The Kier molecular flexibility index (Phi) is 3.85. The molecular weight excluding hydrogens is 244 g/mol. The molecule has 0 unspecified atom stereocenters. The van der Waals surface area contributed by atoms with Gasteiger partial charge in [0, 0.05) is 7.11 Å². The minimum absolute atomic E-state index is 0.0503. The van der Waals surface area contributed by atoms with Crippen LogP contribution in [0.15, 0.2) is 0 Å². The number of amides is 2. The van der Waals surface area contributed by atoms with Crippen LogP contribution in [-0.2, 0) is 14.3 Å². The number of carbonyl (C=O) groups excluding carboxylic acids is 2. The second-order valence-corrected chi connectivity index (χ2v) is 6.33. The smallest absolute Gasteiger partial charge is 0.249 e. The zero-order chi connectivity index (χ0) is 14.1. The third-order valence-corrected chi connectivity index (χ3v) is 4.27. The second-order valence-electron chi connectivity index (χ2n) is 6.33. The van der Waals surface area contributed by atoms with Crippen LogP contribution in [0.2, 0.25) is 0 Å². The Morgan fingerprint density at radius 1 is 1.26 bits per heavy atom. The van der Waals surface area contributed by atoms with E-state index in [1.807, 2.05) is 13.8 Å². The van der Waals surface area contributed by atoms with E-state index in [0.717, 1.165) is 32.1 Å². The number of carbonyl (C=O) groups is 2. The van der Waals surface area contributed by atoms with Crippen LogP contribution in [0.3, 0.4) is 0 Å². The van der Waals surface area contributed by atoms with Crippen LogP contribution in [-0.4, -0.2) is 48.1 Å². The number of nitrogens with zero attached hydrogens (tertiary/aromatic N) is 1. The molecule has 5 nitrogen and oxygen atoms in total. The summed E-state index contributed by atoms with van der Waals surface area (Å²) < 4.78 is 5.19. The van der Waals surface area contributed by atoms with E-state index in [-0.39, 0.29) is 18.4 Å². The summed E-state index contributed by atoms with van der Waals surface area (Å²) in [6, 6.07) is 0. The van der Waals surface area contributed by atoms with Gasteiger partial charge in [-0.3, -0.25) is 9.59 Å². The molecule has 1 heterocycles. The lowest BCUT2D eigenvalue weighted by molar-refractivity contribution is -0.159. The predicted molar refractivity (Wildman–Crippen MR) is 71.6 cm³/mol. The number of nitrogens with one attached hydrogen (secondary N) is 1. The van der Waals surface area contributed by atoms with Crippen molar-refractivity contribution in [2.45, 2.75) is 57.0 Å². The van der Waals surface area contributed by atoms with Gasteiger partial charge in [-0.1, -0.05) is 19.3 Å². The molecule has 2 fully saturated rings. The number of rotatable bonds is 3. The highest BCUT2D eigenvalue weighted by molar-refractivity contribution is 5.98. The van der Waals surface area contributed by atoms with E-state index in [1.54, 1.807) is 12.0 Å². The number of ether oxygens (including phenoxy) is 1. The van der Waals surface area contributed by atoms with Gasteiger partial charge in [-0.25, -0.2) is 0 Å². The van der Waals surface area contributed by atoms with Crippen molar-refractivity contribution < 1.29 is 14.3 Å². The van der Waals surface area contributed by atoms with Crippen molar-refractivity contribution in [1.82, 2.24) is 10.2 Å². The summed E-state index contributed by atoms with van der Waals surface area (Å²) in [6.07, 6.45) is 4.68. The van der Waals surface area contributed by atoms with Crippen LogP contribution in [0.1, 0.15) is 46.0 Å². The molecule has 108 valence electrons. The number of hydrogen-bond acceptors (Lipinski definition) is 3. The molecule has 2 rings (SSSR count). The van der Waals surface area contributed by atoms with Gasteiger partial charge in [0.25, 0.3) is 0 Å². The fraction of sp³-hybridized carbons (Fsp3) is 0.857. The summed E-state index contributed by atoms with van der Waals surface area (Å²) in [5, 5.41) is 2.95. The van der Waals surface area contributed by atoms with Gasteiger partial charge in [0.1, 0.15) is 12.1 Å². The Balaban J connectivity index is 2.25. The van der Waals surface area contributed by atoms with E-state index >= 15 is 0 Å². The monoisotopic (exact) mass is 268 g/mol. The Morgan fingerprint density at radius 2 is 1.89 bits per heavy atom. The molecule has 0 atom stereocenters. The van der Waals surface area contributed by atoms with Crippen molar-refractivity contribution >= 4 is 11.8 Å². The van der Waals surface area contributed by atoms with Gasteiger partial charge in [-0.2, -0.15) is 0 Å². The molecule has 5 heteroatoms. The summed E-state index contributed by atoms with van der Waals surface area (Å²) in [4.78, 5) is 26.5. The topological polar surface area (TPSA) is 58.6 Å². The maximum atomic E-state index is 12.8. The first-order valence-electron chi connectivity index (χ1n) is 7.03. The summed E-state index contributed by atoms with van der Waals surface area (Å²) >= 11 is 0. The molecule has 1 aliphatic carbocycles. The quantitative estimate of drug-likeness (QED) is 0.833. The molecule has 0 aromatic heterocycles. The maximum absolute atomic E-state index is 12.8.